The molecule has 0 unspecified atom stereocenters. The number of piperidine rings is 1. The summed E-state index contributed by atoms with van der Waals surface area (Å²) < 4.78 is 13.4. The van der Waals surface area contributed by atoms with E-state index in [2.05, 4.69) is 34.5 Å². The molecule has 0 saturated carbocycles. The molecular formula is C22H33N5O2. The molecular weight excluding hydrogens is 366 g/mol. The SMILES string of the molecule is CC(C)Oc1cc(-c2cc(C3CCN(C4COC4)CC3)n(C(C)C)n2)cnc1N. The van der Waals surface area contributed by atoms with E-state index in [0.717, 1.165) is 50.4 Å². The van der Waals surface area contributed by atoms with Gasteiger partial charge in [0.2, 0.25) is 0 Å². The smallest absolute Gasteiger partial charge is 0.166 e. The van der Waals surface area contributed by atoms with Crippen LogP contribution in [0.5, 0.6) is 5.75 Å². The Morgan fingerprint density at radius 3 is 2.45 bits per heavy atom. The van der Waals surface area contributed by atoms with Gasteiger partial charge in [0.05, 0.1) is 31.1 Å². The van der Waals surface area contributed by atoms with E-state index >= 15 is 0 Å². The van der Waals surface area contributed by atoms with E-state index in [0.29, 0.717) is 29.6 Å². The molecule has 29 heavy (non-hydrogen) atoms. The quantitative estimate of drug-likeness (QED) is 0.801. The van der Waals surface area contributed by atoms with Crippen molar-refractivity contribution in [1.29, 1.82) is 0 Å². The van der Waals surface area contributed by atoms with Gasteiger partial charge in [-0.15, -0.1) is 0 Å². The average Bonchev–Trinajstić information content (AvgIpc) is 3.08. The minimum Gasteiger partial charge on any atom is -0.487 e. The lowest BCUT2D eigenvalue weighted by atomic mass is 9.91. The van der Waals surface area contributed by atoms with Gasteiger partial charge in [0.1, 0.15) is 0 Å². The molecule has 2 aromatic heterocycles. The number of aromatic nitrogens is 3. The normalized spacial score (nSPS) is 19.1. The number of anilines is 1. The molecule has 0 atom stereocenters. The zero-order chi connectivity index (χ0) is 20.5. The molecule has 0 spiro atoms. The van der Waals surface area contributed by atoms with Crippen molar-refractivity contribution in [3.8, 4) is 17.0 Å². The van der Waals surface area contributed by atoms with Crippen molar-refractivity contribution in [2.75, 3.05) is 32.0 Å². The Morgan fingerprint density at radius 1 is 1.14 bits per heavy atom. The lowest BCUT2D eigenvalue weighted by Crippen LogP contribution is -2.51. The fraction of sp³-hybridized carbons (Fsp3) is 0.636. The summed E-state index contributed by atoms with van der Waals surface area (Å²) in [4.78, 5) is 6.91. The average molecular weight is 400 g/mol. The molecule has 7 nitrogen and oxygen atoms in total. The van der Waals surface area contributed by atoms with E-state index in [1.165, 1.54) is 5.69 Å². The van der Waals surface area contributed by atoms with Crippen LogP contribution in [0.1, 0.15) is 58.2 Å². The summed E-state index contributed by atoms with van der Waals surface area (Å²) in [6, 6.07) is 5.13. The van der Waals surface area contributed by atoms with E-state index in [9.17, 15) is 0 Å². The molecule has 2 fully saturated rings. The van der Waals surface area contributed by atoms with Crippen molar-refractivity contribution in [2.45, 2.75) is 64.6 Å². The van der Waals surface area contributed by atoms with E-state index in [1.54, 1.807) is 6.20 Å². The van der Waals surface area contributed by atoms with Gasteiger partial charge in [-0.25, -0.2) is 4.98 Å². The Hall–Kier alpha value is -2.12. The molecule has 2 saturated heterocycles. The second-order valence-corrected chi connectivity index (χ2v) is 8.77. The van der Waals surface area contributed by atoms with Crippen LogP contribution >= 0.6 is 0 Å². The number of nitrogens with two attached hydrogens (primary N) is 1. The number of pyridine rings is 1. The predicted octanol–water partition coefficient (Wildman–Crippen LogP) is 3.47. The van der Waals surface area contributed by atoms with E-state index in [1.807, 2.05) is 19.9 Å². The zero-order valence-electron chi connectivity index (χ0n) is 18.0. The van der Waals surface area contributed by atoms with Crippen LogP contribution in [0.4, 0.5) is 5.82 Å². The topological polar surface area (TPSA) is 78.4 Å². The van der Waals surface area contributed by atoms with Crippen molar-refractivity contribution < 1.29 is 9.47 Å². The first-order valence-electron chi connectivity index (χ1n) is 10.8. The number of hydrogen-bond acceptors (Lipinski definition) is 6. The first-order chi connectivity index (χ1) is 13.9. The minimum absolute atomic E-state index is 0.0457. The minimum atomic E-state index is 0.0457. The van der Waals surface area contributed by atoms with Crippen LogP contribution in [0.15, 0.2) is 18.3 Å². The second-order valence-electron chi connectivity index (χ2n) is 8.77. The summed E-state index contributed by atoms with van der Waals surface area (Å²) in [6.45, 7) is 12.4. The van der Waals surface area contributed by atoms with E-state index < -0.39 is 0 Å². The molecule has 2 aromatic rings. The van der Waals surface area contributed by atoms with Crippen molar-refractivity contribution >= 4 is 5.82 Å². The van der Waals surface area contributed by atoms with Crippen molar-refractivity contribution in [3.05, 3.63) is 24.0 Å². The van der Waals surface area contributed by atoms with Gasteiger partial charge in [0.15, 0.2) is 11.6 Å². The number of nitrogen functional groups attached to an aromatic ring is 1. The molecule has 0 aromatic carbocycles. The van der Waals surface area contributed by atoms with Crippen LogP contribution in [-0.2, 0) is 4.74 Å². The van der Waals surface area contributed by atoms with E-state index in [4.69, 9.17) is 20.3 Å². The predicted molar refractivity (Wildman–Crippen MR) is 114 cm³/mol. The maximum Gasteiger partial charge on any atom is 0.166 e. The highest BCUT2D eigenvalue weighted by Crippen LogP contribution is 2.35. The summed E-state index contributed by atoms with van der Waals surface area (Å²) in [6.07, 6.45) is 4.16. The van der Waals surface area contributed by atoms with Gasteiger partial charge in [-0.1, -0.05) is 0 Å². The highest BCUT2D eigenvalue weighted by atomic mass is 16.5. The third kappa shape index (κ3) is 4.26. The maximum atomic E-state index is 5.99. The molecule has 2 aliphatic rings. The van der Waals surface area contributed by atoms with Gasteiger partial charge >= 0.3 is 0 Å². The summed E-state index contributed by atoms with van der Waals surface area (Å²) in [7, 11) is 0. The van der Waals surface area contributed by atoms with Crippen LogP contribution in [0, 0.1) is 0 Å². The van der Waals surface area contributed by atoms with Crippen molar-refractivity contribution in [3.63, 3.8) is 0 Å². The third-order valence-corrected chi connectivity index (χ3v) is 5.88. The highest BCUT2D eigenvalue weighted by molar-refractivity contribution is 5.64. The van der Waals surface area contributed by atoms with Crippen molar-refractivity contribution in [2.24, 2.45) is 0 Å². The largest absolute Gasteiger partial charge is 0.487 e. The lowest BCUT2D eigenvalue weighted by molar-refractivity contribution is -0.0714. The summed E-state index contributed by atoms with van der Waals surface area (Å²) in [5.41, 5.74) is 9.20. The van der Waals surface area contributed by atoms with Crippen molar-refractivity contribution in [1.82, 2.24) is 19.7 Å². The molecule has 4 rings (SSSR count). The maximum absolute atomic E-state index is 5.99. The van der Waals surface area contributed by atoms with Crippen LogP contribution < -0.4 is 10.5 Å². The molecule has 7 heteroatoms. The molecule has 2 N–H and O–H groups in total. The fourth-order valence-electron chi connectivity index (χ4n) is 4.21. The molecule has 0 amide bonds. The van der Waals surface area contributed by atoms with Gasteiger partial charge in [-0.05, 0) is 65.8 Å². The molecule has 0 radical (unpaired) electrons. The molecule has 0 bridgehead atoms. The summed E-state index contributed by atoms with van der Waals surface area (Å²) >= 11 is 0. The number of nitrogens with zero attached hydrogens (tertiary/aromatic N) is 4. The molecule has 2 aliphatic heterocycles. The molecule has 158 valence electrons. The number of likely N-dealkylation sites (tertiary alicyclic amines) is 1. The Morgan fingerprint density at radius 2 is 1.86 bits per heavy atom. The fourth-order valence-corrected chi connectivity index (χ4v) is 4.21. The zero-order valence-corrected chi connectivity index (χ0v) is 18.0. The van der Waals surface area contributed by atoms with Crippen LogP contribution in [0.2, 0.25) is 0 Å². The Balaban J connectivity index is 1.57. The first kappa shape index (κ1) is 20.2. The Bertz CT molecular complexity index is 836. The molecule has 0 aliphatic carbocycles. The van der Waals surface area contributed by atoms with Gasteiger partial charge in [0, 0.05) is 29.4 Å². The summed E-state index contributed by atoms with van der Waals surface area (Å²) in [5.74, 6) is 1.57. The van der Waals surface area contributed by atoms with E-state index in [-0.39, 0.29) is 6.10 Å². The number of rotatable bonds is 6. The van der Waals surface area contributed by atoms with Crippen LogP contribution in [-0.4, -0.2) is 58.1 Å². The second kappa shape index (κ2) is 8.32. The first-order valence-corrected chi connectivity index (χ1v) is 10.8. The Kier molecular flexibility index (Phi) is 5.79. The van der Waals surface area contributed by atoms with Gasteiger partial charge in [0.25, 0.3) is 0 Å². The number of ether oxygens (including phenoxy) is 2. The standard InChI is InChI=1S/C22H33N5O2/c1-14(2)27-20(16-5-7-26(8-6-16)18-12-28-13-18)10-19(25-27)17-9-21(29-15(3)4)22(23)24-11-17/h9-11,14-16,18H,5-8,12-13H2,1-4H3,(H2,23,24). The monoisotopic (exact) mass is 399 g/mol. The third-order valence-electron chi connectivity index (χ3n) is 5.88. The summed E-state index contributed by atoms with van der Waals surface area (Å²) in [5, 5.41) is 4.93. The molecule has 4 heterocycles. The lowest BCUT2D eigenvalue weighted by Gasteiger charge is -2.41. The highest BCUT2D eigenvalue weighted by Gasteiger charge is 2.31. The Labute approximate surface area is 173 Å². The van der Waals surface area contributed by atoms with Gasteiger partial charge in [-0.2, -0.15) is 5.10 Å². The van der Waals surface area contributed by atoms with Crippen LogP contribution in [0.25, 0.3) is 11.3 Å². The van der Waals surface area contributed by atoms with Gasteiger partial charge < -0.3 is 15.2 Å². The number of hydrogen-bond donors (Lipinski definition) is 1. The van der Waals surface area contributed by atoms with Gasteiger partial charge in [-0.3, -0.25) is 9.58 Å². The van der Waals surface area contributed by atoms with Crippen LogP contribution in [0.3, 0.4) is 0 Å².